The molecule has 0 aliphatic rings. The third-order valence-electron chi connectivity index (χ3n) is 4.36. The zero-order chi connectivity index (χ0) is 20.1. The molecule has 7 nitrogen and oxygen atoms in total. The van der Waals surface area contributed by atoms with Gasteiger partial charge in [0.05, 0.1) is 23.1 Å². The Kier molecular flexibility index (Phi) is 5.74. The minimum atomic E-state index is -0.406. The third kappa shape index (κ3) is 4.03. The molecule has 0 fully saturated rings. The summed E-state index contributed by atoms with van der Waals surface area (Å²) < 4.78 is 1.73. The maximum Gasteiger partial charge on any atom is 0.273 e. The molecule has 3 aromatic rings. The number of aromatic nitrogens is 2. The summed E-state index contributed by atoms with van der Waals surface area (Å²) in [4.78, 5) is 26.9. The normalized spacial score (nSPS) is 10.4. The fraction of sp³-hybridized carbons (Fsp3) is 0.190. The van der Waals surface area contributed by atoms with Gasteiger partial charge in [0.25, 0.3) is 11.8 Å². The van der Waals surface area contributed by atoms with Crippen LogP contribution in [0.4, 0.5) is 5.69 Å². The average Bonchev–Trinajstić information content (AvgIpc) is 3.16. The van der Waals surface area contributed by atoms with Crippen molar-refractivity contribution in [1.82, 2.24) is 20.6 Å². The second-order valence-corrected chi connectivity index (χ2v) is 6.46. The van der Waals surface area contributed by atoms with Gasteiger partial charge in [-0.25, -0.2) is 4.68 Å². The largest absolute Gasteiger partial charge is 0.378 e. The van der Waals surface area contributed by atoms with Gasteiger partial charge in [-0.1, -0.05) is 31.2 Å². The van der Waals surface area contributed by atoms with E-state index in [4.69, 9.17) is 0 Å². The summed E-state index contributed by atoms with van der Waals surface area (Å²) in [6.07, 6.45) is 2.14. The summed E-state index contributed by atoms with van der Waals surface area (Å²) in [6.45, 7) is 1.96. The lowest BCUT2D eigenvalue weighted by Crippen LogP contribution is -2.41. The number of hydrogen-bond acceptors (Lipinski definition) is 4. The first-order chi connectivity index (χ1) is 13.5. The highest BCUT2D eigenvalue weighted by Gasteiger charge is 2.18. The molecule has 2 amide bonds. The molecule has 0 aliphatic heterocycles. The van der Waals surface area contributed by atoms with Crippen LogP contribution in [-0.4, -0.2) is 35.7 Å². The Hall–Kier alpha value is -3.61. The van der Waals surface area contributed by atoms with E-state index in [1.54, 1.807) is 22.9 Å². The first kappa shape index (κ1) is 19.2. The molecule has 0 aliphatic carbocycles. The Bertz CT molecular complexity index is 979. The van der Waals surface area contributed by atoms with Crippen LogP contribution in [-0.2, 0) is 6.42 Å². The first-order valence-electron chi connectivity index (χ1n) is 9.01. The standard InChI is InChI=1S/C21H23N5O2/c1-4-19-18(14-22-26(19)16-10-6-5-7-11-16)21(28)24-23-20(27)15-9-8-12-17(13-15)25(2)3/h5-14H,4H2,1-3H3,(H,23,27)(H,24,28). The minimum absolute atomic E-state index is 0.384. The first-order valence-corrected chi connectivity index (χ1v) is 9.01. The van der Waals surface area contributed by atoms with Crippen LogP contribution in [0.25, 0.3) is 5.69 Å². The molecule has 0 spiro atoms. The second-order valence-electron chi connectivity index (χ2n) is 6.46. The number of anilines is 1. The Morgan fingerprint density at radius 1 is 1.00 bits per heavy atom. The van der Waals surface area contributed by atoms with Gasteiger partial charge in [-0.15, -0.1) is 0 Å². The fourth-order valence-corrected chi connectivity index (χ4v) is 2.87. The smallest absolute Gasteiger partial charge is 0.273 e. The van der Waals surface area contributed by atoms with E-state index in [-0.39, 0.29) is 5.91 Å². The van der Waals surface area contributed by atoms with E-state index in [0.29, 0.717) is 17.5 Å². The highest BCUT2D eigenvalue weighted by Crippen LogP contribution is 2.16. The number of nitrogens with zero attached hydrogens (tertiary/aromatic N) is 3. The topological polar surface area (TPSA) is 79.3 Å². The number of para-hydroxylation sites is 1. The van der Waals surface area contributed by atoms with E-state index in [2.05, 4.69) is 16.0 Å². The summed E-state index contributed by atoms with van der Waals surface area (Å²) >= 11 is 0. The molecule has 1 aromatic heterocycles. The lowest BCUT2D eigenvalue weighted by atomic mass is 10.2. The van der Waals surface area contributed by atoms with E-state index in [1.807, 2.05) is 62.3 Å². The van der Waals surface area contributed by atoms with Gasteiger partial charge in [0, 0.05) is 25.3 Å². The van der Waals surface area contributed by atoms with E-state index in [1.165, 1.54) is 6.20 Å². The molecule has 0 saturated heterocycles. The predicted octanol–water partition coefficient (Wildman–Crippen LogP) is 2.58. The Morgan fingerprint density at radius 3 is 2.39 bits per heavy atom. The summed E-state index contributed by atoms with van der Waals surface area (Å²) in [6, 6.07) is 16.8. The van der Waals surface area contributed by atoms with Gasteiger partial charge in [0.2, 0.25) is 0 Å². The van der Waals surface area contributed by atoms with Crippen LogP contribution in [0, 0.1) is 0 Å². The number of hydrogen-bond donors (Lipinski definition) is 2. The molecule has 0 radical (unpaired) electrons. The number of nitrogens with one attached hydrogen (secondary N) is 2. The van der Waals surface area contributed by atoms with Gasteiger partial charge in [-0.05, 0) is 36.8 Å². The number of amides is 2. The predicted molar refractivity (Wildman–Crippen MR) is 109 cm³/mol. The molecule has 144 valence electrons. The van der Waals surface area contributed by atoms with Crippen molar-refractivity contribution < 1.29 is 9.59 Å². The quantitative estimate of drug-likeness (QED) is 0.670. The summed E-state index contributed by atoms with van der Waals surface area (Å²) in [5, 5.41) is 4.33. The number of rotatable bonds is 5. The molecule has 1 heterocycles. The van der Waals surface area contributed by atoms with E-state index >= 15 is 0 Å². The lowest BCUT2D eigenvalue weighted by Gasteiger charge is -2.14. The minimum Gasteiger partial charge on any atom is -0.378 e. The average molecular weight is 377 g/mol. The van der Waals surface area contributed by atoms with Crippen molar-refractivity contribution in [3.8, 4) is 5.69 Å². The van der Waals surface area contributed by atoms with E-state index < -0.39 is 5.91 Å². The molecular weight excluding hydrogens is 354 g/mol. The van der Waals surface area contributed by atoms with Crippen LogP contribution < -0.4 is 15.8 Å². The zero-order valence-corrected chi connectivity index (χ0v) is 16.1. The van der Waals surface area contributed by atoms with Crippen molar-refractivity contribution in [3.05, 3.63) is 77.6 Å². The van der Waals surface area contributed by atoms with Gasteiger partial charge in [0.15, 0.2) is 0 Å². The van der Waals surface area contributed by atoms with Gasteiger partial charge < -0.3 is 4.90 Å². The van der Waals surface area contributed by atoms with E-state index in [9.17, 15) is 9.59 Å². The molecule has 7 heteroatoms. The third-order valence-corrected chi connectivity index (χ3v) is 4.36. The maximum atomic E-state index is 12.6. The SMILES string of the molecule is CCc1c(C(=O)NNC(=O)c2cccc(N(C)C)c2)cnn1-c1ccccc1. The zero-order valence-electron chi connectivity index (χ0n) is 16.1. The van der Waals surface area contributed by atoms with Crippen molar-refractivity contribution in [2.45, 2.75) is 13.3 Å². The molecule has 28 heavy (non-hydrogen) atoms. The van der Waals surface area contributed by atoms with Crippen LogP contribution in [0.5, 0.6) is 0 Å². The van der Waals surface area contributed by atoms with Crippen LogP contribution in [0.3, 0.4) is 0 Å². The Labute approximate surface area is 163 Å². The highest BCUT2D eigenvalue weighted by molar-refractivity contribution is 6.00. The molecule has 2 aromatic carbocycles. The molecular formula is C21H23N5O2. The van der Waals surface area contributed by atoms with Crippen molar-refractivity contribution >= 4 is 17.5 Å². The van der Waals surface area contributed by atoms with E-state index in [0.717, 1.165) is 17.1 Å². The Balaban J connectivity index is 1.73. The monoisotopic (exact) mass is 377 g/mol. The number of carbonyl (C=O) groups excluding carboxylic acids is 2. The van der Waals surface area contributed by atoms with Crippen molar-refractivity contribution in [1.29, 1.82) is 0 Å². The summed E-state index contributed by atoms with van der Waals surface area (Å²) in [5.41, 5.74) is 8.38. The lowest BCUT2D eigenvalue weighted by molar-refractivity contribution is 0.0846. The number of benzene rings is 2. The van der Waals surface area contributed by atoms with Gasteiger partial charge >= 0.3 is 0 Å². The molecule has 2 N–H and O–H groups in total. The fourth-order valence-electron chi connectivity index (χ4n) is 2.87. The highest BCUT2D eigenvalue weighted by atomic mass is 16.2. The van der Waals surface area contributed by atoms with Crippen molar-refractivity contribution in [3.63, 3.8) is 0 Å². The van der Waals surface area contributed by atoms with Crippen molar-refractivity contribution in [2.24, 2.45) is 0 Å². The van der Waals surface area contributed by atoms with Crippen LogP contribution in [0.2, 0.25) is 0 Å². The maximum absolute atomic E-state index is 12.6. The Morgan fingerprint density at radius 2 is 1.71 bits per heavy atom. The van der Waals surface area contributed by atoms with Crippen LogP contribution in [0.1, 0.15) is 33.3 Å². The molecule has 0 bridgehead atoms. The molecule has 0 saturated carbocycles. The summed E-state index contributed by atoms with van der Waals surface area (Å²) in [5.74, 6) is -0.790. The van der Waals surface area contributed by atoms with Crippen LogP contribution >= 0.6 is 0 Å². The second kappa shape index (κ2) is 8.39. The molecule has 0 unspecified atom stereocenters. The molecule has 3 rings (SSSR count). The van der Waals surface area contributed by atoms with Gasteiger partial charge in [0.1, 0.15) is 0 Å². The number of hydrazine groups is 1. The molecule has 0 atom stereocenters. The van der Waals surface area contributed by atoms with Crippen LogP contribution in [0.15, 0.2) is 60.8 Å². The van der Waals surface area contributed by atoms with Gasteiger partial charge in [-0.2, -0.15) is 5.10 Å². The number of carbonyl (C=O) groups is 2. The summed E-state index contributed by atoms with van der Waals surface area (Å²) in [7, 11) is 3.80. The van der Waals surface area contributed by atoms with Crippen molar-refractivity contribution in [2.75, 3.05) is 19.0 Å². The van der Waals surface area contributed by atoms with Gasteiger partial charge in [-0.3, -0.25) is 20.4 Å².